The van der Waals surface area contributed by atoms with Gasteiger partial charge in [-0.1, -0.05) is 0 Å². The van der Waals surface area contributed by atoms with E-state index in [9.17, 15) is 34.0 Å². The number of ether oxygens (including phenoxy) is 2. The number of aryl methyl sites for hydroxylation is 2. The lowest BCUT2D eigenvalue weighted by atomic mass is 10.0. The number of nitrogens with zero attached hydrogens (tertiary/aromatic N) is 2. The van der Waals surface area contributed by atoms with E-state index in [0.29, 0.717) is 0 Å². The van der Waals surface area contributed by atoms with Crippen LogP contribution in [0.4, 0.5) is 0 Å². The van der Waals surface area contributed by atoms with Gasteiger partial charge in [-0.15, -0.1) is 0 Å². The molecule has 0 aliphatic carbocycles. The van der Waals surface area contributed by atoms with E-state index >= 15 is 0 Å². The summed E-state index contributed by atoms with van der Waals surface area (Å²) >= 11 is 0. The number of fused-ring (bicyclic) bond motifs is 1. The summed E-state index contributed by atoms with van der Waals surface area (Å²) in [7, 11) is -4.22. The zero-order valence-corrected chi connectivity index (χ0v) is 21.2. The molecular formula is C21H27N4O12P. The van der Waals surface area contributed by atoms with Crippen molar-refractivity contribution in [3.05, 3.63) is 65.2 Å². The Balaban J connectivity index is 1.27. The van der Waals surface area contributed by atoms with Crippen LogP contribution in [0, 0.1) is 19.8 Å². The highest BCUT2D eigenvalue weighted by Gasteiger charge is 2.54. The van der Waals surface area contributed by atoms with Crippen LogP contribution < -0.4 is 22.5 Å². The Morgan fingerprint density at radius 3 is 2.32 bits per heavy atom. The second kappa shape index (κ2) is 10.1. The van der Waals surface area contributed by atoms with Gasteiger partial charge in [0, 0.05) is 29.9 Å². The van der Waals surface area contributed by atoms with Crippen molar-refractivity contribution in [2.45, 2.75) is 57.1 Å². The summed E-state index contributed by atoms with van der Waals surface area (Å²) in [5, 5.41) is 20.3. The van der Waals surface area contributed by atoms with Gasteiger partial charge >= 0.3 is 19.2 Å². The van der Waals surface area contributed by atoms with Gasteiger partial charge in [0.2, 0.25) is 0 Å². The molecule has 0 unspecified atom stereocenters. The van der Waals surface area contributed by atoms with E-state index in [4.69, 9.17) is 23.0 Å². The van der Waals surface area contributed by atoms with Crippen LogP contribution >= 0.6 is 7.82 Å². The molecule has 0 radical (unpaired) electrons. The van der Waals surface area contributed by atoms with E-state index in [1.165, 1.54) is 26.2 Å². The first-order valence-electron chi connectivity index (χ1n) is 11.8. The van der Waals surface area contributed by atoms with Gasteiger partial charge in [0.05, 0.1) is 31.8 Å². The molecule has 0 bridgehead atoms. The zero-order chi connectivity index (χ0) is 27.4. The monoisotopic (exact) mass is 558 g/mol. The molecule has 3 aliphatic rings. The third-order valence-electron chi connectivity index (χ3n) is 6.80. The first kappa shape index (κ1) is 26.9. The lowest BCUT2D eigenvalue weighted by molar-refractivity contribution is -0.0642. The summed E-state index contributed by atoms with van der Waals surface area (Å²) in [6, 6.07) is 0. The lowest BCUT2D eigenvalue weighted by Crippen LogP contribution is -2.40. The maximum absolute atomic E-state index is 13.2. The van der Waals surface area contributed by atoms with Crippen molar-refractivity contribution in [1.29, 1.82) is 0 Å². The van der Waals surface area contributed by atoms with Crippen LogP contribution in [0.5, 0.6) is 0 Å². The molecule has 3 fully saturated rings. The van der Waals surface area contributed by atoms with Gasteiger partial charge in [-0.25, -0.2) is 14.2 Å². The second-order valence-electron chi connectivity index (χ2n) is 9.41. The fourth-order valence-corrected chi connectivity index (χ4v) is 6.21. The number of hydrogen-bond acceptors (Lipinski definition) is 12. The minimum atomic E-state index is -4.22. The SMILES string of the molecule is Cc1cn([C@@H]2O[C@H](CO)[C@H]3O[P@](=O)(OC[C@H]4O[C@@H](n5cc(C)c(=O)[nH]c5=O)C[C@@H]4O)OC[C@H]32)c(=O)[nH]c1=O. The molecule has 16 nitrogen and oxygen atoms in total. The highest BCUT2D eigenvalue weighted by molar-refractivity contribution is 7.48. The number of H-pyrrole nitrogens is 2. The summed E-state index contributed by atoms with van der Waals surface area (Å²) < 4.78 is 43.5. The first-order valence-corrected chi connectivity index (χ1v) is 13.3. The third-order valence-corrected chi connectivity index (χ3v) is 8.23. The van der Waals surface area contributed by atoms with Crippen LogP contribution in [-0.2, 0) is 27.6 Å². The molecule has 2 aromatic rings. The minimum Gasteiger partial charge on any atom is -0.394 e. The fraction of sp³-hybridized carbons (Fsp3) is 0.619. The number of aliphatic hydroxyl groups is 2. The van der Waals surface area contributed by atoms with Gasteiger partial charge < -0.3 is 19.7 Å². The molecule has 4 N–H and O–H groups in total. The molecule has 38 heavy (non-hydrogen) atoms. The van der Waals surface area contributed by atoms with E-state index < -0.39 is 86.3 Å². The molecule has 0 amide bonds. The van der Waals surface area contributed by atoms with Crippen LogP contribution in [0.25, 0.3) is 0 Å². The predicted octanol–water partition coefficient (Wildman–Crippen LogP) is -1.60. The number of phosphoric acid groups is 1. The van der Waals surface area contributed by atoms with E-state index in [2.05, 4.69) is 9.97 Å². The molecule has 208 valence electrons. The van der Waals surface area contributed by atoms with Crippen molar-refractivity contribution in [2.24, 2.45) is 5.92 Å². The van der Waals surface area contributed by atoms with Crippen LogP contribution in [0.15, 0.2) is 31.6 Å². The number of hydrogen-bond donors (Lipinski definition) is 4. The summed E-state index contributed by atoms with van der Waals surface area (Å²) in [5.74, 6) is -0.672. The van der Waals surface area contributed by atoms with Gasteiger partial charge in [0.1, 0.15) is 30.8 Å². The number of phosphoric ester groups is 1. The molecule has 3 saturated heterocycles. The first-order chi connectivity index (χ1) is 18.0. The van der Waals surface area contributed by atoms with Crippen LogP contribution in [0.2, 0.25) is 0 Å². The summed E-state index contributed by atoms with van der Waals surface area (Å²) in [6.45, 7) is 1.86. The predicted molar refractivity (Wildman–Crippen MR) is 126 cm³/mol. The quantitative estimate of drug-likeness (QED) is 0.295. The Morgan fingerprint density at radius 1 is 1.03 bits per heavy atom. The summed E-state index contributed by atoms with van der Waals surface area (Å²) in [4.78, 5) is 52.2. The smallest absolute Gasteiger partial charge is 0.394 e. The standard InChI is InChI=1S/C21H27N4O12P/c1-9-4-24(20(30)22-17(9)28)15-3-12(27)14(35-15)8-34-38(32)33-7-11-16(37-38)13(6-26)36-19(11)25-5-10(2)18(29)23-21(25)31/h4-5,11-16,19,26-27H,3,6-8H2,1-2H3,(H,22,28,30)(H,23,29,31)/t11-,12+,13-,14-,15-,16+,19-,38+/m1/s1. The molecular weight excluding hydrogens is 531 g/mol. The second-order valence-corrected chi connectivity index (χ2v) is 11.0. The van der Waals surface area contributed by atoms with Gasteiger partial charge in [0.15, 0.2) is 0 Å². The van der Waals surface area contributed by atoms with E-state index in [-0.39, 0.29) is 24.2 Å². The molecule has 0 spiro atoms. The van der Waals surface area contributed by atoms with Gasteiger partial charge in [-0.2, -0.15) is 0 Å². The highest BCUT2D eigenvalue weighted by Crippen LogP contribution is 2.58. The van der Waals surface area contributed by atoms with Crippen molar-refractivity contribution < 1.29 is 37.8 Å². The highest BCUT2D eigenvalue weighted by atomic mass is 31.2. The van der Waals surface area contributed by atoms with Gasteiger partial charge in [-0.05, 0) is 13.8 Å². The van der Waals surface area contributed by atoms with Crippen LogP contribution in [0.3, 0.4) is 0 Å². The number of nitrogens with one attached hydrogen (secondary N) is 2. The minimum absolute atomic E-state index is 0.00553. The number of aromatic amines is 2. The van der Waals surface area contributed by atoms with Crippen molar-refractivity contribution in [2.75, 3.05) is 19.8 Å². The Morgan fingerprint density at radius 2 is 1.66 bits per heavy atom. The van der Waals surface area contributed by atoms with Crippen molar-refractivity contribution in [3.8, 4) is 0 Å². The molecule has 0 saturated carbocycles. The molecule has 5 heterocycles. The van der Waals surface area contributed by atoms with Gasteiger partial charge in [-0.3, -0.25) is 42.3 Å². The molecule has 8 atom stereocenters. The Bertz CT molecular complexity index is 1500. The molecule has 0 aromatic carbocycles. The lowest BCUT2D eigenvalue weighted by Gasteiger charge is -2.33. The van der Waals surface area contributed by atoms with Crippen molar-refractivity contribution in [3.63, 3.8) is 0 Å². The summed E-state index contributed by atoms with van der Waals surface area (Å²) in [6.07, 6.45) is -3.29. The van der Waals surface area contributed by atoms with E-state index in [0.717, 1.165) is 9.13 Å². The fourth-order valence-electron chi connectivity index (χ4n) is 4.74. The van der Waals surface area contributed by atoms with Crippen molar-refractivity contribution in [1.82, 2.24) is 19.1 Å². The molecule has 3 aliphatic heterocycles. The van der Waals surface area contributed by atoms with E-state index in [1.807, 2.05) is 0 Å². The van der Waals surface area contributed by atoms with Crippen LogP contribution in [-0.4, -0.2) is 73.6 Å². The number of rotatable bonds is 6. The average Bonchev–Trinajstić information content (AvgIpc) is 3.41. The molecule has 2 aromatic heterocycles. The number of aliphatic hydroxyl groups excluding tert-OH is 2. The molecule has 17 heteroatoms. The Hall–Kier alpha value is -2.69. The average molecular weight is 558 g/mol. The van der Waals surface area contributed by atoms with Crippen LogP contribution in [0.1, 0.15) is 30.0 Å². The van der Waals surface area contributed by atoms with Gasteiger partial charge in [0.25, 0.3) is 11.1 Å². The molecule has 5 rings (SSSR count). The normalized spacial score (nSPS) is 34.9. The Kier molecular flexibility index (Phi) is 7.17. The summed E-state index contributed by atoms with van der Waals surface area (Å²) in [5.41, 5.74) is -1.98. The topological polar surface area (TPSA) is 213 Å². The third kappa shape index (κ3) is 4.89. The van der Waals surface area contributed by atoms with Crippen molar-refractivity contribution >= 4 is 7.82 Å². The number of aromatic nitrogens is 4. The largest absolute Gasteiger partial charge is 0.475 e. The Labute approximate surface area is 213 Å². The zero-order valence-electron chi connectivity index (χ0n) is 20.3. The maximum atomic E-state index is 13.2. The maximum Gasteiger partial charge on any atom is 0.475 e. The van der Waals surface area contributed by atoms with E-state index in [1.54, 1.807) is 0 Å².